The topological polar surface area (TPSA) is 110 Å². The minimum Gasteiger partial charge on any atom is -0.465 e. The lowest BCUT2D eigenvalue weighted by Gasteiger charge is -2.33. The Kier molecular flexibility index (Phi) is 6.10. The van der Waals surface area contributed by atoms with E-state index in [-0.39, 0.29) is 17.3 Å². The summed E-state index contributed by atoms with van der Waals surface area (Å²) in [5.41, 5.74) is 1.32. The van der Waals surface area contributed by atoms with Crippen LogP contribution < -0.4 is 5.32 Å². The second-order valence-electron chi connectivity index (χ2n) is 7.82. The molecular weight excluding hydrogens is 418 g/mol. The molecule has 4 rings (SSSR count). The van der Waals surface area contributed by atoms with Crippen molar-refractivity contribution in [2.75, 3.05) is 6.54 Å². The molecule has 0 saturated carbocycles. The fourth-order valence-corrected chi connectivity index (χ4v) is 5.63. The van der Waals surface area contributed by atoms with Gasteiger partial charge in [-0.3, -0.25) is 4.79 Å². The van der Waals surface area contributed by atoms with E-state index in [4.69, 9.17) is 4.42 Å². The van der Waals surface area contributed by atoms with E-state index in [1.54, 1.807) is 28.9 Å². The molecule has 3 heterocycles. The number of aromatic nitrogens is 3. The zero-order chi connectivity index (χ0) is 22.0. The second-order valence-corrected chi connectivity index (χ2v) is 9.71. The zero-order valence-electron chi connectivity index (χ0n) is 17.7. The summed E-state index contributed by atoms with van der Waals surface area (Å²) in [6.07, 6.45) is 2.90. The van der Waals surface area contributed by atoms with Crippen molar-refractivity contribution in [3.8, 4) is 0 Å². The van der Waals surface area contributed by atoms with Gasteiger partial charge in [-0.25, -0.2) is 13.1 Å². The number of benzene rings is 1. The summed E-state index contributed by atoms with van der Waals surface area (Å²) in [4.78, 5) is 13.0. The first-order chi connectivity index (χ1) is 14.9. The molecule has 0 radical (unpaired) electrons. The third-order valence-electron chi connectivity index (χ3n) is 5.52. The Hall–Kier alpha value is -2.72. The molecule has 1 N–H and O–H groups in total. The SMILES string of the molecule is CCCn1nnc2cc(S(=O)(=O)N3CCCC[C@@H]3C(=O)NCc3ccc(C)o3)ccc21. The molecule has 1 amide bonds. The number of furan rings is 1. The lowest BCUT2D eigenvalue weighted by atomic mass is 10.0. The van der Waals surface area contributed by atoms with Gasteiger partial charge in [-0.15, -0.1) is 5.10 Å². The van der Waals surface area contributed by atoms with E-state index < -0.39 is 16.1 Å². The van der Waals surface area contributed by atoms with Gasteiger partial charge in [0.05, 0.1) is 17.0 Å². The summed E-state index contributed by atoms with van der Waals surface area (Å²) in [5.74, 6) is 1.08. The summed E-state index contributed by atoms with van der Waals surface area (Å²) < 4.78 is 35.4. The number of carbonyl (C=O) groups is 1. The second kappa shape index (κ2) is 8.80. The van der Waals surface area contributed by atoms with Crippen LogP contribution in [-0.2, 0) is 27.9 Å². The highest BCUT2D eigenvalue weighted by atomic mass is 32.2. The van der Waals surface area contributed by atoms with Crippen LogP contribution in [0.5, 0.6) is 0 Å². The minimum atomic E-state index is -3.86. The average Bonchev–Trinajstić information content (AvgIpc) is 3.38. The first kappa shape index (κ1) is 21.5. The van der Waals surface area contributed by atoms with E-state index >= 15 is 0 Å². The molecule has 2 aromatic heterocycles. The number of hydrogen-bond donors (Lipinski definition) is 1. The van der Waals surface area contributed by atoms with E-state index in [1.165, 1.54) is 4.31 Å². The Labute approximate surface area is 181 Å². The molecule has 0 aliphatic carbocycles. The molecule has 0 bridgehead atoms. The summed E-state index contributed by atoms with van der Waals surface area (Å²) in [6, 6.07) is 7.72. The predicted molar refractivity (Wildman–Crippen MR) is 115 cm³/mol. The molecule has 3 aromatic rings. The number of rotatable bonds is 7. The van der Waals surface area contributed by atoms with E-state index in [0.717, 1.165) is 30.5 Å². The summed E-state index contributed by atoms with van der Waals surface area (Å²) in [5, 5.41) is 11.0. The smallest absolute Gasteiger partial charge is 0.243 e. The van der Waals surface area contributed by atoms with Gasteiger partial charge in [0.2, 0.25) is 15.9 Å². The lowest BCUT2D eigenvalue weighted by Crippen LogP contribution is -2.51. The van der Waals surface area contributed by atoms with Crippen LogP contribution in [0.3, 0.4) is 0 Å². The monoisotopic (exact) mass is 445 g/mol. The van der Waals surface area contributed by atoms with Gasteiger partial charge in [0.25, 0.3) is 0 Å². The molecule has 10 heteroatoms. The van der Waals surface area contributed by atoms with Crippen LogP contribution in [0.2, 0.25) is 0 Å². The molecular formula is C21H27N5O4S. The standard InChI is InChI=1S/C21H27N5O4S/c1-3-11-25-19-10-9-17(13-18(19)23-24-25)31(28,29)26-12-5-4-6-20(26)21(27)22-14-16-8-7-15(2)30-16/h7-10,13,20H,3-6,11-12,14H2,1-2H3,(H,22,27)/t20-/m1/s1. The molecule has 0 unspecified atom stereocenters. The summed E-state index contributed by atoms with van der Waals surface area (Å²) in [6.45, 7) is 5.12. The number of carbonyl (C=O) groups excluding carboxylic acids is 1. The number of piperidine rings is 1. The van der Waals surface area contributed by atoms with Crippen LogP contribution in [0.25, 0.3) is 11.0 Å². The number of hydrogen-bond acceptors (Lipinski definition) is 6. The van der Waals surface area contributed by atoms with Gasteiger partial charge in [0, 0.05) is 13.1 Å². The number of amides is 1. The Bertz CT molecular complexity index is 1180. The molecule has 9 nitrogen and oxygen atoms in total. The molecule has 1 atom stereocenters. The maximum absolute atomic E-state index is 13.4. The van der Waals surface area contributed by atoms with E-state index in [2.05, 4.69) is 15.6 Å². The quantitative estimate of drug-likeness (QED) is 0.599. The van der Waals surface area contributed by atoms with E-state index in [1.807, 2.05) is 19.9 Å². The van der Waals surface area contributed by atoms with Gasteiger partial charge in [-0.05, 0) is 56.5 Å². The Morgan fingerprint density at radius 1 is 1.26 bits per heavy atom. The van der Waals surface area contributed by atoms with Crippen LogP contribution >= 0.6 is 0 Å². The summed E-state index contributed by atoms with van der Waals surface area (Å²) >= 11 is 0. The van der Waals surface area contributed by atoms with Crippen molar-refractivity contribution in [2.45, 2.75) is 63.6 Å². The highest BCUT2D eigenvalue weighted by Crippen LogP contribution is 2.27. The number of nitrogens with one attached hydrogen (secondary N) is 1. The van der Waals surface area contributed by atoms with Crippen molar-refractivity contribution < 1.29 is 17.6 Å². The van der Waals surface area contributed by atoms with E-state index in [0.29, 0.717) is 30.8 Å². The number of fused-ring (bicyclic) bond motifs is 1. The fourth-order valence-electron chi connectivity index (χ4n) is 3.95. The van der Waals surface area contributed by atoms with Crippen LogP contribution in [0, 0.1) is 6.92 Å². The fraction of sp³-hybridized carbons (Fsp3) is 0.476. The Morgan fingerprint density at radius 3 is 2.84 bits per heavy atom. The van der Waals surface area contributed by atoms with Crippen molar-refractivity contribution in [2.24, 2.45) is 0 Å². The molecule has 1 fully saturated rings. The number of aryl methyl sites for hydroxylation is 2. The van der Waals surface area contributed by atoms with Crippen LogP contribution in [-0.4, -0.2) is 46.2 Å². The van der Waals surface area contributed by atoms with Crippen molar-refractivity contribution in [1.29, 1.82) is 0 Å². The van der Waals surface area contributed by atoms with Gasteiger partial charge in [-0.2, -0.15) is 4.31 Å². The maximum atomic E-state index is 13.4. The highest BCUT2D eigenvalue weighted by molar-refractivity contribution is 7.89. The summed E-state index contributed by atoms with van der Waals surface area (Å²) in [7, 11) is -3.86. The zero-order valence-corrected chi connectivity index (χ0v) is 18.6. The first-order valence-electron chi connectivity index (χ1n) is 10.6. The molecule has 1 saturated heterocycles. The minimum absolute atomic E-state index is 0.130. The predicted octanol–water partition coefficient (Wildman–Crippen LogP) is 2.60. The first-order valence-corrected chi connectivity index (χ1v) is 12.0. The Morgan fingerprint density at radius 2 is 2.10 bits per heavy atom. The third kappa shape index (κ3) is 4.35. The average molecular weight is 446 g/mol. The molecule has 1 aromatic carbocycles. The van der Waals surface area contributed by atoms with Gasteiger partial charge in [0.1, 0.15) is 23.1 Å². The van der Waals surface area contributed by atoms with Crippen LogP contribution in [0.4, 0.5) is 0 Å². The van der Waals surface area contributed by atoms with Crippen molar-refractivity contribution >= 4 is 27.0 Å². The maximum Gasteiger partial charge on any atom is 0.243 e. The third-order valence-corrected chi connectivity index (χ3v) is 7.42. The van der Waals surface area contributed by atoms with Gasteiger partial charge in [-0.1, -0.05) is 18.6 Å². The van der Waals surface area contributed by atoms with E-state index in [9.17, 15) is 13.2 Å². The molecule has 1 aliphatic rings. The van der Waals surface area contributed by atoms with Crippen LogP contribution in [0.1, 0.15) is 44.1 Å². The number of sulfonamides is 1. The van der Waals surface area contributed by atoms with Crippen molar-refractivity contribution in [3.63, 3.8) is 0 Å². The van der Waals surface area contributed by atoms with Gasteiger partial charge < -0.3 is 9.73 Å². The van der Waals surface area contributed by atoms with Crippen molar-refractivity contribution in [3.05, 3.63) is 41.9 Å². The highest BCUT2D eigenvalue weighted by Gasteiger charge is 2.37. The molecule has 166 valence electrons. The largest absolute Gasteiger partial charge is 0.465 e. The van der Waals surface area contributed by atoms with Crippen LogP contribution in [0.15, 0.2) is 39.6 Å². The van der Waals surface area contributed by atoms with Gasteiger partial charge in [0.15, 0.2) is 0 Å². The normalized spacial score (nSPS) is 17.8. The number of nitrogens with zero attached hydrogens (tertiary/aromatic N) is 4. The molecule has 0 spiro atoms. The lowest BCUT2D eigenvalue weighted by molar-refractivity contribution is -0.125. The Balaban J connectivity index is 1.56. The molecule has 1 aliphatic heterocycles. The molecule has 31 heavy (non-hydrogen) atoms. The van der Waals surface area contributed by atoms with Crippen molar-refractivity contribution in [1.82, 2.24) is 24.6 Å². The van der Waals surface area contributed by atoms with Gasteiger partial charge >= 0.3 is 0 Å².